The number of terminal acetylenes is 1. The highest BCUT2D eigenvalue weighted by molar-refractivity contribution is 5.83. The Kier molecular flexibility index (Phi) is 2.28. The lowest BCUT2D eigenvalue weighted by molar-refractivity contribution is 0.943. The normalized spacial score (nSPS) is 10.3. The smallest absolute Gasteiger partial charge is 0.0480 e. The molecule has 2 aromatic rings. The van der Waals surface area contributed by atoms with Gasteiger partial charge in [-0.3, -0.25) is 0 Å². The van der Waals surface area contributed by atoms with Crippen LogP contribution in [0.25, 0.3) is 10.9 Å². The molecule has 0 amide bonds. The van der Waals surface area contributed by atoms with Gasteiger partial charge in [-0.15, -0.1) is 12.3 Å². The summed E-state index contributed by atoms with van der Waals surface area (Å²) >= 11 is 0. The maximum Gasteiger partial charge on any atom is 0.0480 e. The highest BCUT2D eigenvalue weighted by atomic mass is 14.9. The molecule has 0 N–H and O–H groups in total. The minimum absolute atomic E-state index is 0.813. The van der Waals surface area contributed by atoms with E-state index in [4.69, 9.17) is 6.42 Å². The first-order valence-corrected chi connectivity index (χ1v) is 4.79. The highest BCUT2D eigenvalue weighted by Crippen LogP contribution is 2.21. The van der Waals surface area contributed by atoms with E-state index in [1.54, 1.807) is 0 Å². The van der Waals surface area contributed by atoms with Crippen molar-refractivity contribution in [2.75, 3.05) is 0 Å². The average Bonchev–Trinajstić information content (AvgIpc) is 2.54. The summed E-state index contributed by atoms with van der Waals surface area (Å²) in [6, 6.07) is 8.42. The van der Waals surface area contributed by atoms with Crippen LogP contribution >= 0.6 is 0 Å². The SMILES string of the molecule is C#CCCc1cn(C)c2ccccc12. The number of hydrogen-bond acceptors (Lipinski definition) is 0. The molecule has 2 rings (SSSR count). The Bertz CT molecular complexity index is 485. The molecule has 1 heteroatoms. The van der Waals surface area contributed by atoms with Crippen molar-refractivity contribution in [3.05, 3.63) is 36.0 Å². The van der Waals surface area contributed by atoms with Crippen LogP contribution < -0.4 is 0 Å². The highest BCUT2D eigenvalue weighted by Gasteiger charge is 2.03. The van der Waals surface area contributed by atoms with E-state index in [1.807, 2.05) is 0 Å². The minimum Gasteiger partial charge on any atom is -0.350 e. The maximum atomic E-state index is 5.27. The van der Waals surface area contributed by atoms with Crippen LogP contribution in [0, 0.1) is 12.3 Å². The van der Waals surface area contributed by atoms with Crippen LogP contribution in [-0.2, 0) is 13.5 Å². The molecule has 0 atom stereocenters. The zero-order valence-corrected chi connectivity index (χ0v) is 8.33. The standard InChI is InChI=1S/C13H13N/c1-3-4-7-11-10-14(2)13-9-6-5-8-12(11)13/h1,5-6,8-10H,4,7H2,2H3. The second-order valence-electron chi connectivity index (χ2n) is 3.49. The molecule has 0 unspecified atom stereocenters. The second kappa shape index (κ2) is 3.59. The van der Waals surface area contributed by atoms with E-state index in [2.05, 4.69) is 48.0 Å². The summed E-state index contributed by atoms with van der Waals surface area (Å²) < 4.78 is 2.15. The second-order valence-corrected chi connectivity index (χ2v) is 3.49. The van der Waals surface area contributed by atoms with Crippen LogP contribution in [0.15, 0.2) is 30.5 Å². The Morgan fingerprint density at radius 3 is 2.93 bits per heavy atom. The lowest BCUT2D eigenvalue weighted by Crippen LogP contribution is -1.82. The first-order chi connectivity index (χ1) is 6.83. The van der Waals surface area contributed by atoms with E-state index >= 15 is 0 Å². The lowest BCUT2D eigenvalue weighted by Gasteiger charge is -1.94. The molecule has 70 valence electrons. The number of hydrogen-bond donors (Lipinski definition) is 0. The molecule has 0 aliphatic heterocycles. The zero-order chi connectivity index (χ0) is 9.97. The van der Waals surface area contributed by atoms with Crippen molar-refractivity contribution in [1.82, 2.24) is 4.57 Å². The summed E-state index contributed by atoms with van der Waals surface area (Å²) in [6.45, 7) is 0. The maximum absolute atomic E-state index is 5.27. The summed E-state index contributed by atoms with van der Waals surface area (Å²) in [5.41, 5.74) is 2.63. The Morgan fingerprint density at radius 1 is 1.36 bits per heavy atom. The number of aromatic nitrogens is 1. The summed E-state index contributed by atoms with van der Waals surface area (Å²) in [6.07, 6.45) is 9.22. The predicted octanol–water partition coefficient (Wildman–Crippen LogP) is 2.74. The fourth-order valence-electron chi connectivity index (χ4n) is 1.83. The first-order valence-electron chi connectivity index (χ1n) is 4.79. The number of rotatable bonds is 2. The lowest BCUT2D eigenvalue weighted by atomic mass is 10.1. The van der Waals surface area contributed by atoms with Gasteiger partial charge >= 0.3 is 0 Å². The molecule has 0 saturated carbocycles. The van der Waals surface area contributed by atoms with Gasteiger partial charge in [-0.2, -0.15) is 0 Å². The fourth-order valence-corrected chi connectivity index (χ4v) is 1.83. The minimum atomic E-state index is 0.813. The summed E-state index contributed by atoms with van der Waals surface area (Å²) in [4.78, 5) is 0. The third-order valence-corrected chi connectivity index (χ3v) is 2.52. The Hall–Kier alpha value is -1.68. The van der Waals surface area contributed by atoms with Crippen molar-refractivity contribution < 1.29 is 0 Å². The van der Waals surface area contributed by atoms with E-state index in [1.165, 1.54) is 16.5 Å². The van der Waals surface area contributed by atoms with Gasteiger partial charge in [0.25, 0.3) is 0 Å². The molecular weight excluding hydrogens is 170 g/mol. The van der Waals surface area contributed by atoms with E-state index in [0.717, 1.165) is 12.8 Å². The molecule has 1 aromatic carbocycles. The van der Waals surface area contributed by atoms with Crippen LogP contribution in [0.1, 0.15) is 12.0 Å². The summed E-state index contributed by atoms with van der Waals surface area (Å²) in [5.74, 6) is 2.68. The molecule has 0 fully saturated rings. The van der Waals surface area contributed by atoms with Gasteiger partial charge in [0.05, 0.1) is 0 Å². The average molecular weight is 183 g/mol. The topological polar surface area (TPSA) is 4.93 Å². The van der Waals surface area contributed by atoms with Crippen LogP contribution in [0.3, 0.4) is 0 Å². The number of benzene rings is 1. The number of fused-ring (bicyclic) bond motifs is 1. The molecule has 0 aliphatic carbocycles. The molecule has 0 bridgehead atoms. The molecule has 14 heavy (non-hydrogen) atoms. The molecule has 0 saturated heterocycles. The quantitative estimate of drug-likeness (QED) is 0.631. The van der Waals surface area contributed by atoms with Gasteiger partial charge in [-0.05, 0) is 18.1 Å². The molecule has 0 aliphatic rings. The molecule has 1 nitrogen and oxygen atoms in total. The molecule has 1 heterocycles. The predicted molar refractivity (Wildman–Crippen MR) is 60.1 cm³/mol. The van der Waals surface area contributed by atoms with Crippen molar-refractivity contribution in [3.63, 3.8) is 0 Å². The van der Waals surface area contributed by atoms with Crippen LogP contribution in [0.5, 0.6) is 0 Å². The van der Waals surface area contributed by atoms with Gasteiger partial charge in [0, 0.05) is 30.6 Å². The molecule has 0 radical (unpaired) electrons. The Balaban J connectivity index is 2.51. The largest absolute Gasteiger partial charge is 0.350 e. The molecule has 1 aromatic heterocycles. The van der Waals surface area contributed by atoms with Crippen LogP contribution in [0.2, 0.25) is 0 Å². The fraction of sp³-hybridized carbons (Fsp3) is 0.231. The van der Waals surface area contributed by atoms with E-state index in [9.17, 15) is 0 Å². The van der Waals surface area contributed by atoms with Crippen molar-refractivity contribution >= 4 is 10.9 Å². The first kappa shape index (κ1) is 8.90. The van der Waals surface area contributed by atoms with E-state index in [-0.39, 0.29) is 0 Å². The Labute approximate surface area is 84.4 Å². The van der Waals surface area contributed by atoms with Gasteiger partial charge in [-0.25, -0.2) is 0 Å². The van der Waals surface area contributed by atoms with Gasteiger partial charge < -0.3 is 4.57 Å². The monoisotopic (exact) mass is 183 g/mol. The van der Waals surface area contributed by atoms with Crippen molar-refractivity contribution in [3.8, 4) is 12.3 Å². The van der Waals surface area contributed by atoms with Gasteiger partial charge in [0.2, 0.25) is 0 Å². The third kappa shape index (κ3) is 1.40. The summed E-state index contributed by atoms with van der Waals surface area (Å²) in [5, 5.41) is 1.32. The van der Waals surface area contributed by atoms with Crippen molar-refractivity contribution in [2.24, 2.45) is 7.05 Å². The van der Waals surface area contributed by atoms with E-state index < -0.39 is 0 Å². The summed E-state index contributed by atoms with van der Waals surface area (Å²) in [7, 11) is 2.07. The molecular formula is C13H13N. The van der Waals surface area contributed by atoms with Crippen LogP contribution in [0.4, 0.5) is 0 Å². The van der Waals surface area contributed by atoms with Crippen molar-refractivity contribution in [1.29, 1.82) is 0 Å². The van der Waals surface area contributed by atoms with Crippen molar-refractivity contribution in [2.45, 2.75) is 12.8 Å². The van der Waals surface area contributed by atoms with E-state index in [0.29, 0.717) is 0 Å². The Morgan fingerprint density at radius 2 is 2.14 bits per heavy atom. The van der Waals surface area contributed by atoms with Gasteiger partial charge in [0.1, 0.15) is 0 Å². The number of para-hydroxylation sites is 1. The zero-order valence-electron chi connectivity index (χ0n) is 8.33. The number of nitrogens with zero attached hydrogens (tertiary/aromatic N) is 1. The van der Waals surface area contributed by atoms with Crippen LogP contribution in [-0.4, -0.2) is 4.57 Å². The third-order valence-electron chi connectivity index (χ3n) is 2.52. The van der Waals surface area contributed by atoms with Gasteiger partial charge in [0.15, 0.2) is 0 Å². The molecule has 0 spiro atoms. The number of aryl methyl sites for hydroxylation is 2. The van der Waals surface area contributed by atoms with Gasteiger partial charge in [-0.1, -0.05) is 18.2 Å².